The number of amides is 3. The monoisotopic (exact) mass is 491 g/mol. The Morgan fingerprint density at radius 3 is 2.12 bits per heavy atom. The van der Waals surface area contributed by atoms with Gasteiger partial charge in [0.2, 0.25) is 5.91 Å². The highest BCUT2D eigenvalue weighted by molar-refractivity contribution is 5.80. The van der Waals surface area contributed by atoms with Gasteiger partial charge in [-0.05, 0) is 41.5 Å². The van der Waals surface area contributed by atoms with E-state index in [2.05, 4.69) is 5.32 Å². The Morgan fingerprint density at radius 2 is 1.59 bits per heavy atom. The molecule has 1 atom stereocenters. The van der Waals surface area contributed by atoms with Crippen molar-refractivity contribution in [1.82, 2.24) is 15.1 Å². The lowest BCUT2D eigenvalue weighted by molar-refractivity contribution is -0.143. The molecule has 1 aliphatic rings. The first-order valence-corrected chi connectivity index (χ1v) is 10.1. The second-order valence-corrected chi connectivity index (χ2v) is 7.87. The molecule has 0 unspecified atom stereocenters. The highest BCUT2D eigenvalue weighted by Crippen LogP contribution is 2.36. The lowest BCUT2D eigenvalue weighted by Crippen LogP contribution is -2.44. The van der Waals surface area contributed by atoms with Crippen LogP contribution < -0.4 is 5.32 Å². The minimum Gasteiger partial charge on any atom is -0.354 e. The average Bonchev–Trinajstić information content (AvgIpc) is 2.93. The van der Waals surface area contributed by atoms with Gasteiger partial charge in [0.25, 0.3) is 0 Å². The number of nitrogens with one attached hydrogen (secondary N) is 1. The van der Waals surface area contributed by atoms with Crippen LogP contribution in [-0.2, 0) is 23.7 Å². The van der Waals surface area contributed by atoms with Crippen molar-refractivity contribution < 1.29 is 40.3 Å². The van der Waals surface area contributed by atoms with Crippen molar-refractivity contribution in [3.8, 4) is 0 Å². The van der Waals surface area contributed by atoms with Gasteiger partial charge in [-0.2, -0.15) is 26.3 Å². The summed E-state index contributed by atoms with van der Waals surface area (Å²) in [6.07, 6.45) is -10.2. The average molecular weight is 491 g/mol. The van der Waals surface area contributed by atoms with Crippen molar-refractivity contribution in [3.05, 3.63) is 70.5 Å². The van der Waals surface area contributed by atoms with Crippen LogP contribution >= 0.6 is 0 Å². The van der Waals surface area contributed by atoms with E-state index in [0.717, 1.165) is 17.0 Å². The standard InChI is InChI=1S/C22H20F7N3O2/c1-31(12-13-8-15(21(24,25)26)10-16(9-13)22(27,28)29)20(34)32-7-6-30-19(33)11-18(32)14-2-4-17(23)5-3-14/h2-5,8-10,18H,6-7,11-12H2,1H3,(H,30,33)/t18-/m1/s1. The summed E-state index contributed by atoms with van der Waals surface area (Å²) >= 11 is 0. The molecule has 0 aromatic heterocycles. The van der Waals surface area contributed by atoms with Crippen LogP contribution in [0.4, 0.5) is 35.5 Å². The number of benzene rings is 2. The maximum absolute atomic E-state index is 13.3. The van der Waals surface area contributed by atoms with Crippen LogP contribution in [0.1, 0.15) is 34.7 Å². The van der Waals surface area contributed by atoms with Crippen LogP contribution in [0, 0.1) is 5.82 Å². The summed E-state index contributed by atoms with van der Waals surface area (Å²) in [6, 6.07) is 4.75. The minimum absolute atomic E-state index is 0.0158. The molecule has 1 saturated heterocycles. The summed E-state index contributed by atoms with van der Waals surface area (Å²) in [5.74, 6) is -0.887. The van der Waals surface area contributed by atoms with Gasteiger partial charge in [0.15, 0.2) is 0 Å². The van der Waals surface area contributed by atoms with Crippen molar-refractivity contribution in [1.29, 1.82) is 0 Å². The van der Waals surface area contributed by atoms with Gasteiger partial charge in [0, 0.05) is 26.7 Å². The molecule has 2 aromatic rings. The number of nitrogens with zero attached hydrogens (tertiary/aromatic N) is 2. The lowest BCUT2D eigenvalue weighted by atomic mass is 10.0. The Morgan fingerprint density at radius 1 is 1.03 bits per heavy atom. The fourth-order valence-corrected chi connectivity index (χ4v) is 3.71. The molecule has 0 radical (unpaired) electrons. The fraction of sp³-hybridized carbons (Fsp3) is 0.364. The number of hydrogen-bond acceptors (Lipinski definition) is 2. The highest BCUT2D eigenvalue weighted by Gasteiger charge is 2.37. The quantitative estimate of drug-likeness (QED) is 0.616. The van der Waals surface area contributed by atoms with Gasteiger partial charge in [0.1, 0.15) is 5.82 Å². The smallest absolute Gasteiger partial charge is 0.354 e. The van der Waals surface area contributed by atoms with Gasteiger partial charge < -0.3 is 15.1 Å². The van der Waals surface area contributed by atoms with Crippen LogP contribution in [0.25, 0.3) is 0 Å². The van der Waals surface area contributed by atoms with Crippen LogP contribution in [0.5, 0.6) is 0 Å². The predicted octanol–water partition coefficient (Wildman–Crippen LogP) is 4.98. The van der Waals surface area contributed by atoms with Gasteiger partial charge in [-0.15, -0.1) is 0 Å². The van der Waals surface area contributed by atoms with Crippen molar-refractivity contribution in [2.24, 2.45) is 0 Å². The largest absolute Gasteiger partial charge is 0.416 e. The van der Waals surface area contributed by atoms with E-state index in [9.17, 15) is 40.3 Å². The third kappa shape index (κ3) is 5.97. The number of hydrogen-bond donors (Lipinski definition) is 1. The molecule has 34 heavy (non-hydrogen) atoms. The predicted molar refractivity (Wildman–Crippen MR) is 107 cm³/mol. The van der Waals surface area contributed by atoms with Crippen LogP contribution in [-0.4, -0.2) is 41.9 Å². The number of rotatable bonds is 3. The molecular weight excluding hydrogens is 471 g/mol. The third-order valence-electron chi connectivity index (χ3n) is 5.32. The van der Waals surface area contributed by atoms with Gasteiger partial charge in [-0.3, -0.25) is 4.79 Å². The van der Waals surface area contributed by atoms with E-state index in [0.29, 0.717) is 17.7 Å². The Labute approximate surface area is 190 Å². The maximum Gasteiger partial charge on any atom is 0.416 e. The van der Waals surface area contributed by atoms with Crippen LogP contribution in [0.2, 0.25) is 0 Å². The zero-order chi connectivity index (χ0) is 25.3. The second kappa shape index (κ2) is 9.51. The molecule has 1 aliphatic heterocycles. The normalized spacial score (nSPS) is 17.2. The summed E-state index contributed by atoms with van der Waals surface area (Å²) < 4.78 is 92.2. The Bertz CT molecular complexity index is 1020. The first kappa shape index (κ1) is 25.3. The van der Waals surface area contributed by atoms with Crippen LogP contribution in [0.3, 0.4) is 0 Å². The van der Waals surface area contributed by atoms with Crippen molar-refractivity contribution in [2.45, 2.75) is 31.4 Å². The number of halogens is 7. The van der Waals surface area contributed by atoms with Crippen LogP contribution in [0.15, 0.2) is 42.5 Å². The first-order chi connectivity index (χ1) is 15.8. The molecule has 2 aromatic carbocycles. The number of urea groups is 1. The van der Waals surface area contributed by atoms with Gasteiger partial charge in [-0.1, -0.05) is 12.1 Å². The zero-order valence-electron chi connectivity index (χ0n) is 17.8. The molecular formula is C22H20F7N3O2. The molecule has 1 heterocycles. The molecule has 12 heteroatoms. The molecule has 5 nitrogen and oxygen atoms in total. The van der Waals surface area contributed by atoms with E-state index in [-0.39, 0.29) is 37.0 Å². The van der Waals surface area contributed by atoms with Gasteiger partial charge in [0.05, 0.1) is 23.6 Å². The molecule has 0 aliphatic carbocycles. The molecule has 1 fully saturated rings. The molecule has 0 spiro atoms. The summed E-state index contributed by atoms with van der Waals surface area (Å²) in [5, 5.41) is 2.60. The molecule has 184 valence electrons. The van der Waals surface area contributed by atoms with E-state index in [1.165, 1.54) is 24.1 Å². The summed E-state index contributed by atoms with van der Waals surface area (Å²) in [7, 11) is 1.23. The minimum atomic E-state index is -5.01. The van der Waals surface area contributed by atoms with E-state index in [4.69, 9.17) is 0 Å². The SMILES string of the molecule is CN(Cc1cc(C(F)(F)F)cc(C(F)(F)F)c1)C(=O)N1CCNC(=O)C[C@@H]1c1ccc(F)cc1. The summed E-state index contributed by atoms with van der Waals surface area (Å²) in [4.78, 5) is 27.5. The number of carbonyl (C=O) groups excluding carboxylic acids is 2. The van der Waals surface area contributed by atoms with E-state index in [1.54, 1.807) is 0 Å². The maximum atomic E-state index is 13.3. The van der Waals surface area contributed by atoms with Gasteiger partial charge in [-0.25, -0.2) is 9.18 Å². The lowest BCUT2D eigenvalue weighted by Gasteiger charge is -2.33. The molecule has 0 saturated carbocycles. The van der Waals surface area contributed by atoms with Gasteiger partial charge >= 0.3 is 18.4 Å². The topological polar surface area (TPSA) is 52.7 Å². The van der Waals surface area contributed by atoms with E-state index < -0.39 is 47.9 Å². The zero-order valence-corrected chi connectivity index (χ0v) is 17.8. The second-order valence-electron chi connectivity index (χ2n) is 7.87. The molecule has 1 N–H and O–H groups in total. The third-order valence-corrected chi connectivity index (χ3v) is 5.32. The molecule has 3 amide bonds. The van der Waals surface area contributed by atoms with Crippen molar-refractivity contribution >= 4 is 11.9 Å². The highest BCUT2D eigenvalue weighted by atomic mass is 19.4. The Kier molecular flexibility index (Phi) is 7.08. The number of alkyl halides is 6. The summed E-state index contributed by atoms with van der Waals surface area (Å²) in [5.41, 5.74) is -2.86. The van der Waals surface area contributed by atoms with E-state index >= 15 is 0 Å². The van der Waals surface area contributed by atoms with Crippen molar-refractivity contribution in [2.75, 3.05) is 20.1 Å². The van der Waals surface area contributed by atoms with E-state index in [1.807, 2.05) is 0 Å². The first-order valence-electron chi connectivity index (χ1n) is 10.1. The summed E-state index contributed by atoms with van der Waals surface area (Å²) in [6.45, 7) is -0.412. The Balaban J connectivity index is 1.90. The molecule has 3 rings (SSSR count). The fourth-order valence-electron chi connectivity index (χ4n) is 3.71. The van der Waals surface area contributed by atoms with Crippen molar-refractivity contribution in [3.63, 3.8) is 0 Å². The molecule has 0 bridgehead atoms. The number of carbonyl (C=O) groups is 2. The Hall–Kier alpha value is -3.31.